The first kappa shape index (κ1) is 51.2. The highest BCUT2D eigenvalue weighted by Crippen LogP contribution is 2.24. The van der Waals surface area contributed by atoms with Crippen molar-refractivity contribution in [3.63, 3.8) is 0 Å². The van der Waals surface area contributed by atoms with Gasteiger partial charge in [0.15, 0.2) is 0 Å². The van der Waals surface area contributed by atoms with Crippen molar-refractivity contribution in [2.45, 2.75) is 71.4 Å². The van der Waals surface area contributed by atoms with Gasteiger partial charge in [0.1, 0.15) is 12.7 Å². The number of carbonyl (C=O) groups excluding carboxylic acids is 2. The molecule has 14 nitrogen and oxygen atoms in total. The van der Waals surface area contributed by atoms with E-state index in [9.17, 15) is 18.0 Å². The van der Waals surface area contributed by atoms with Crippen molar-refractivity contribution < 1.29 is 22.2 Å². The average molecular weight is 955 g/mol. The molecule has 4 saturated heterocycles. The number of benzene rings is 4. The molecule has 2 aromatic heterocycles. The van der Waals surface area contributed by atoms with Crippen LogP contribution in [0.2, 0.25) is 0 Å². The van der Waals surface area contributed by atoms with E-state index in [1.807, 2.05) is 94.7 Å². The fourth-order valence-corrected chi connectivity index (χ4v) is 9.74. The van der Waals surface area contributed by atoms with Crippen LogP contribution in [0.15, 0.2) is 110 Å². The Kier molecular flexibility index (Phi) is 18.9. The Labute approximate surface area is 402 Å². The molecule has 16 heteroatoms. The smallest absolute Gasteiger partial charge is 0.264 e. The average Bonchev–Trinajstić information content (AvgIpc) is 4.20. The number of amides is 2. The maximum absolute atomic E-state index is 12.9. The molecule has 10 rings (SSSR count). The summed E-state index contributed by atoms with van der Waals surface area (Å²) >= 11 is 0. The van der Waals surface area contributed by atoms with Gasteiger partial charge < -0.3 is 20.0 Å². The third-order valence-electron chi connectivity index (χ3n) is 12.8. The van der Waals surface area contributed by atoms with Gasteiger partial charge in [-0.05, 0) is 157 Å². The number of nitrogens with one attached hydrogen (secondary N) is 1. The first-order valence-electron chi connectivity index (χ1n) is 23.7. The predicted octanol–water partition coefficient (Wildman–Crippen LogP) is 7.69. The molecule has 0 bridgehead atoms. The van der Waals surface area contributed by atoms with Crippen LogP contribution >= 0.6 is 12.4 Å². The summed E-state index contributed by atoms with van der Waals surface area (Å²) < 4.78 is 31.5. The third kappa shape index (κ3) is 13.7. The Morgan fingerprint density at radius 3 is 1.54 bits per heavy atom. The van der Waals surface area contributed by atoms with Gasteiger partial charge in [0.05, 0.1) is 34.4 Å². The molecular formula is C51H68ClN9O5S. The first-order valence-corrected chi connectivity index (χ1v) is 25.6. The number of likely N-dealkylation sites (tertiary alicyclic amines) is 3. The number of nitrogens with zero attached hydrogens (tertiary/aromatic N) is 8. The van der Waals surface area contributed by atoms with Gasteiger partial charge >= 0.3 is 0 Å². The molecule has 0 spiro atoms. The molecule has 6 heterocycles. The molecular weight excluding hydrogens is 886 g/mol. The minimum atomic E-state index is -3.52. The van der Waals surface area contributed by atoms with Crippen LogP contribution in [0.3, 0.4) is 0 Å². The summed E-state index contributed by atoms with van der Waals surface area (Å²) in [5.74, 6) is 0.0235. The normalized spacial score (nSPS) is 18.2. The number of halogens is 1. The molecule has 360 valence electrons. The summed E-state index contributed by atoms with van der Waals surface area (Å²) in [6.45, 7) is 17.5. The molecule has 6 aromatic rings. The van der Waals surface area contributed by atoms with E-state index in [0.717, 1.165) is 64.8 Å². The van der Waals surface area contributed by atoms with Crippen molar-refractivity contribution in [2.24, 2.45) is 0 Å². The quantitative estimate of drug-likeness (QED) is 0.136. The minimum absolute atomic E-state index is 0. The van der Waals surface area contributed by atoms with E-state index >= 15 is 0 Å². The number of imidazole rings is 2. The summed E-state index contributed by atoms with van der Waals surface area (Å²) in [5.41, 5.74) is 7.22. The van der Waals surface area contributed by atoms with Gasteiger partial charge in [-0.2, -0.15) is 8.42 Å². The molecule has 4 aliphatic rings. The molecule has 4 fully saturated rings. The van der Waals surface area contributed by atoms with E-state index in [4.69, 9.17) is 4.18 Å². The number of hydrogen-bond acceptors (Lipinski definition) is 10. The highest BCUT2D eigenvalue weighted by molar-refractivity contribution is 7.86. The predicted molar refractivity (Wildman–Crippen MR) is 270 cm³/mol. The lowest BCUT2D eigenvalue weighted by Gasteiger charge is -2.23. The molecule has 2 amide bonds. The lowest BCUT2D eigenvalue weighted by molar-refractivity contribution is 0.0769. The molecule has 2 atom stereocenters. The highest BCUT2D eigenvalue weighted by Gasteiger charge is 2.32. The molecule has 0 radical (unpaired) electrons. The number of fused-ring (bicyclic) bond motifs is 2. The number of aromatic nitrogens is 4. The summed E-state index contributed by atoms with van der Waals surface area (Å²) in [5, 5.41) is 3.22. The lowest BCUT2D eigenvalue weighted by atomic mass is 10.1. The van der Waals surface area contributed by atoms with Crippen LogP contribution in [-0.4, -0.2) is 149 Å². The van der Waals surface area contributed by atoms with Gasteiger partial charge in [-0.15, -0.1) is 12.4 Å². The Morgan fingerprint density at radius 2 is 1.10 bits per heavy atom. The Hall–Kier alpha value is -5.16. The zero-order valence-corrected chi connectivity index (χ0v) is 41.1. The molecule has 4 aliphatic heterocycles. The van der Waals surface area contributed by atoms with Crippen LogP contribution in [0.4, 0.5) is 0 Å². The van der Waals surface area contributed by atoms with Gasteiger partial charge in [0.25, 0.3) is 21.9 Å². The van der Waals surface area contributed by atoms with E-state index in [1.54, 1.807) is 23.4 Å². The highest BCUT2D eigenvalue weighted by atomic mass is 35.5. The van der Waals surface area contributed by atoms with Gasteiger partial charge in [-0.25, -0.2) is 9.97 Å². The number of hydrogen-bond donors (Lipinski definition) is 1. The number of rotatable bonds is 10. The lowest BCUT2D eigenvalue weighted by Crippen LogP contribution is -2.37. The fraction of sp³-hybridized carbons (Fsp3) is 0.451. The summed E-state index contributed by atoms with van der Waals surface area (Å²) in [6, 6.07) is 31.7. The third-order valence-corrected chi connectivity index (χ3v) is 13.5. The molecule has 0 saturated carbocycles. The topological polar surface area (TPSA) is 138 Å². The molecule has 0 unspecified atom stereocenters. The second-order valence-corrected chi connectivity index (χ2v) is 18.9. The monoisotopic (exact) mass is 953 g/mol. The van der Waals surface area contributed by atoms with Gasteiger partial charge in [-0.1, -0.05) is 45.0 Å². The van der Waals surface area contributed by atoms with E-state index < -0.39 is 16.2 Å². The maximum Gasteiger partial charge on any atom is 0.264 e. The van der Waals surface area contributed by atoms with Crippen molar-refractivity contribution in [1.82, 2.24) is 44.0 Å². The number of para-hydroxylation sites is 4. The zero-order valence-electron chi connectivity index (χ0n) is 39.5. The van der Waals surface area contributed by atoms with Crippen LogP contribution in [0, 0.1) is 0 Å². The van der Waals surface area contributed by atoms with E-state index in [2.05, 4.69) is 56.5 Å². The standard InChI is InChI=1S/C22H24N4O.C19H19N3O4S.C6H15N.C4H9N.ClH/c27-22(25-14-11-19(15-25)24-12-3-4-13-24)17-7-9-18(10-8-17)26-16-23-20-5-1-2-6-21(20)26;1-27(24,25)26-16-10-11-21(12-16)19(23)14-6-8-15(9-7-14)22-13-20-17-4-2-3-5-18(17)22;1-4-7(5-2)6-3;1-2-4-5-3-1;/h1-2,5-10,16,19H,3-4,11-15H2;2-9,13,16H,10-12H2,1H3;4-6H2,1-3H3;5H,1-4H2;1H/t19-;16-;;;/m01.../s1. The summed E-state index contributed by atoms with van der Waals surface area (Å²) in [4.78, 5) is 43.0. The Morgan fingerprint density at radius 1 is 0.642 bits per heavy atom. The first-order chi connectivity index (χ1) is 32.0. The Bertz CT molecular complexity index is 2580. The molecule has 1 N–H and O–H groups in total. The maximum atomic E-state index is 12.9. The van der Waals surface area contributed by atoms with E-state index in [-0.39, 0.29) is 30.8 Å². The van der Waals surface area contributed by atoms with Gasteiger partial charge in [0.2, 0.25) is 0 Å². The molecule has 67 heavy (non-hydrogen) atoms. The van der Waals surface area contributed by atoms with E-state index in [1.165, 1.54) is 71.5 Å². The van der Waals surface area contributed by atoms with Crippen molar-refractivity contribution in [3.05, 3.63) is 121 Å². The zero-order chi connectivity index (χ0) is 46.5. The summed E-state index contributed by atoms with van der Waals surface area (Å²) in [7, 11) is -3.52. The second-order valence-electron chi connectivity index (χ2n) is 17.3. The van der Waals surface area contributed by atoms with Gasteiger partial charge in [0, 0.05) is 54.7 Å². The second kappa shape index (κ2) is 24.7. The van der Waals surface area contributed by atoms with Crippen molar-refractivity contribution >= 4 is 56.4 Å². The van der Waals surface area contributed by atoms with Crippen LogP contribution in [0.5, 0.6) is 0 Å². The minimum Gasteiger partial charge on any atom is -0.337 e. The SMILES string of the molecule is C1CCNC1.CCN(CC)CC.CS(=O)(=O)O[C@@H]1CCN(C(=O)c2ccc(-n3cnc4ccccc43)cc2)C1.Cl.O=C(c1ccc(-n2cnc3ccccc32)cc1)N1CC[C@H](N2CCCC2)C1. The number of carbonyl (C=O) groups is 2. The van der Waals surface area contributed by atoms with Gasteiger partial charge in [-0.3, -0.25) is 27.8 Å². The van der Waals surface area contributed by atoms with Crippen LogP contribution in [-0.2, 0) is 14.3 Å². The van der Waals surface area contributed by atoms with Crippen LogP contribution in [0.1, 0.15) is 80.0 Å². The largest absolute Gasteiger partial charge is 0.337 e. The van der Waals surface area contributed by atoms with E-state index in [0.29, 0.717) is 24.6 Å². The summed E-state index contributed by atoms with van der Waals surface area (Å²) in [6.07, 6.45) is 11.1. The molecule has 0 aliphatic carbocycles. The van der Waals surface area contributed by atoms with Crippen LogP contribution in [0.25, 0.3) is 33.4 Å². The van der Waals surface area contributed by atoms with Crippen LogP contribution < -0.4 is 5.32 Å². The Balaban J connectivity index is 0.000000175. The van der Waals surface area contributed by atoms with Crippen molar-refractivity contribution in [2.75, 3.05) is 78.2 Å². The molecule has 4 aromatic carbocycles. The van der Waals surface area contributed by atoms with Crippen molar-refractivity contribution in [3.8, 4) is 11.4 Å². The fourth-order valence-electron chi connectivity index (χ4n) is 9.09. The van der Waals surface area contributed by atoms with Crippen molar-refractivity contribution in [1.29, 1.82) is 0 Å².